The van der Waals surface area contributed by atoms with Crippen LogP contribution in [0.5, 0.6) is 0 Å². The van der Waals surface area contributed by atoms with E-state index in [1.807, 2.05) is 18.2 Å². The highest BCUT2D eigenvalue weighted by Gasteiger charge is 2.38. The predicted octanol–water partition coefficient (Wildman–Crippen LogP) is 9.83. The first kappa shape index (κ1) is 27.4. The molecule has 0 bridgehead atoms. The van der Waals surface area contributed by atoms with Gasteiger partial charge >= 0.3 is 0 Å². The van der Waals surface area contributed by atoms with Crippen LogP contribution in [0.15, 0.2) is 71.8 Å². The van der Waals surface area contributed by atoms with Gasteiger partial charge in [-0.3, -0.25) is 0 Å². The summed E-state index contributed by atoms with van der Waals surface area (Å²) >= 11 is 1.62. The van der Waals surface area contributed by atoms with Crippen LogP contribution in [-0.2, 0) is 0 Å². The van der Waals surface area contributed by atoms with Crippen molar-refractivity contribution in [2.75, 3.05) is 18.0 Å². The molecule has 202 valence electrons. The Hall–Kier alpha value is -3.16. The summed E-state index contributed by atoms with van der Waals surface area (Å²) in [6, 6.07) is 20.0. The van der Waals surface area contributed by atoms with Gasteiger partial charge in [0.25, 0.3) is 0 Å². The molecule has 0 saturated heterocycles. The Morgan fingerprint density at radius 2 is 1.74 bits per heavy atom. The van der Waals surface area contributed by atoms with Gasteiger partial charge in [-0.05, 0) is 90.0 Å². The standard InChI is InChI=1S/C35H41N3S/c1-5-7-19-38(20-8-6-2)29-16-13-25(14-17-29)26-15-18-31-27(21-26)22-28(23-35(31,3)4)30(24-36)34-37-32-11-9-10-12-33(32)39-34/h9-14,16-17,21-22,31H,5-8,15,18-20,23H2,1-4H3/b30-28-. The van der Waals surface area contributed by atoms with Crippen molar-refractivity contribution in [1.29, 1.82) is 5.26 Å². The van der Waals surface area contributed by atoms with Gasteiger partial charge in [-0.15, -0.1) is 11.3 Å². The van der Waals surface area contributed by atoms with Gasteiger partial charge in [-0.25, -0.2) is 4.98 Å². The quantitative estimate of drug-likeness (QED) is 0.256. The van der Waals surface area contributed by atoms with Crippen molar-refractivity contribution >= 4 is 38.4 Å². The SMILES string of the molecule is CCCCN(CCCC)c1ccc(C2=CC3=C/C(=C(\C#N)c4nc5ccccc5s4)CC(C)(C)C3CC2)cc1. The molecule has 4 heteroatoms. The molecule has 39 heavy (non-hydrogen) atoms. The summed E-state index contributed by atoms with van der Waals surface area (Å²) in [6.07, 6.45) is 12.8. The number of para-hydroxylation sites is 1. The molecular formula is C35H41N3S. The Labute approximate surface area is 238 Å². The van der Waals surface area contributed by atoms with Gasteiger partial charge in [0.1, 0.15) is 11.1 Å². The minimum atomic E-state index is 0.100. The third kappa shape index (κ3) is 5.89. The number of hydrogen-bond acceptors (Lipinski definition) is 4. The second kappa shape index (κ2) is 11.9. The largest absolute Gasteiger partial charge is 0.372 e. The van der Waals surface area contributed by atoms with E-state index in [4.69, 9.17) is 4.98 Å². The van der Waals surface area contributed by atoms with Crippen LogP contribution in [0.3, 0.4) is 0 Å². The summed E-state index contributed by atoms with van der Waals surface area (Å²) in [5.41, 5.74) is 8.38. The summed E-state index contributed by atoms with van der Waals surface area (Å²) in [6.45, 7) is 11.5. The minimum absolute atomic E-state index is 0.100. The molecule has 1 atom stereocenters. The Balaban J connectivity index is 1.47. The smallest absolute Gasteiger partial charge is 0.135 e. The van der Waals surface area contributed by atoms with Gasteiger partial charge in [0.05, 0.1) is 15.8 Å². The molecule has 1 heterocycles. The van der Waals surface area contributed by atoms with Crippen molar-refractivity contribution in [1.82, 2.24) is 4.98 Å². The molecular weight excluding hydrogens is 494 g/mol. The first-order valence-corrected chi connectivity index (χ1v) is 15.5. The van der Waals surface area contributed by atoms with E-state index in [0.717, 1.165) is 58.7 Å². The molecule has 1 unspecified atom stereocenters. The van der Waals surface area contributed by atoms with E-state index in [2.05, 4.69) is 81.1 Å². The second-order valence-corrected chi connectivity index (χ2v) is 12.8. The Bertz CT molecular complexity index is 1400. The molecule has 3 aromatic rings. The Morgan fingerprint density at radius 3 is 2.41 bits per heavy atom. The third-order valence-electron chi connectivity index (χ3n) is 8.48. The fourth-order valence-electron chi connectivity index (χ4n) is 6.27. The fourth-order valence-corrected chi connectivity index (χ4v) is 7.27. The van der Waals surface area contributed by atoms with E-state index in [9.17, 15) is 5.26 Å². The molecule has 3 nitrogen and oxygen atoms in total. The molecule has 5 rings (SSSR count). The van der Waals surface area contributed by atoms with E-state index < -0.39 is 0 Å². The van der Waals surface area contributed by atoms with Crippen LogP contribution in [-0.4, -0.2) is 18.1 Å². The first-order valence-electron chi connectivity index (χ1n) is 14.7. The molecule has 2 aliphatic rings. The molecule has 0 aliphatic heterocycles. The molecule has 0 fully saturated rings. The average molecular weight is 536 g/mol. The molecule has 0 radical (unpaired) electrons. The van der Waals surface area contributed by atoms with E-state index in [1.54, 1.807) is 11.3 Å². The lowest BCUT2D eigenvalue weighted by Crippen LogP contribution is -2.31. The topological polar surface area (TPSA) is 39.9 Å². The summed E-state index contributed by atoms with van der Waals surface area (Å²) in [4.78, 5) is 7.37. The zero-order valence-corrected chi connectivity index (χ0v) is 24.8. The van der Waals surface area contributed by atoms with Crippen molar-refractivity contribution in [2.45, 2.75) is 72.6 Å². The van der Waals surface area contributed by atoms with Crippen molar-refractivity contribution < 1.29 is 0 Å². The molecule has 2 aliphatic carbocycles. The number of nitrogens with zero attached hydrogens (tertiary/aromatic N) is 3. The number of nitriles is 1. The Morgan fingerprint density at radius 1 is 1.03 bits per heavy atom. The number of aromatic nitrogens is 1. The summed E-state index contributed by atoms with van der Waals surface area (Å²) < 4.78 is 1.13. The van der Waals surface area contributed by atoms with E-state index in [0.29, 0.717) is 5.92 Å². The maximum Gasteiger partial charge on any atom is 0.135 e. The first-order chi connectivity index (χ1) is 18.9. The van der Waals surface area contributed by atoms with Crippen LogP contribution in [0.4, 0.5) is 5.69 Å². The lowest BCUT2D eigenvalue weighted by atomic mass is 9.62. The monoisotopic (exact) mass is 535 g/mol. The van der Waals surface area contributed by atoms with Gasteiger partial charge in [-0.2, -0.15) is 5.26 Å². The van der Waals surface area contributed by atoms with Crippen molar-refractivity contribution in [3.05, 3.63) is 82.4 Å². The van der Waals surface area contributed by atoms with Gasteiger partial charge in [-0.1, -0.05) is 77.0 Å². The van der Waals surface area contributed by atoms with Gasteiger partial charge in [0, 0.05) is 18.8 Å². The maximum absolute atomic E-state index is 10.2. The van der Waals surface area contributed by atoms with Gasteiger partial charge in [0.15, 0.2) is 0 Å². The lowest BCUT2D eigenvalue weighted by Gasteiger charge is -2.42. The molecule has 1 aromatic heterocycles. The molecule has 0 spiro atoms. The van der Waals surface area contributed by atoms with E-state index in [-0.39, 0.29) is 5.41 Å². The highest BCUT2D eigenvalue weighted by molar-refractivity contribution is 7.19. The highest BCUT2D eigenvalue weighted by atomic mass is 32.1. The van der Waals surface area contributed by atoms with Crippen LogP contribution in [0.1, 0.15) is 83.2 Å². The molecule has 0 amide bonds. The van der Waals surface area contributed by atoms with Crippen LogP contribution >= 0.6 is 11.3 Å². The van der Waals surface area contributed by atoms with E-state index >= 15 is 0 Å². The second-order valence-electron chi connectivity index (χ2n) is 11.8. The highest BCUT2D eigenvalue weighted by Crippen LogP contribution is 2.51. The normalized spacial score (nSPS) is 19.6. The van der Waals surface area contributed by atoms with Crippen LogP contribution < -0.4 is 4.90 Å². The van der Waals surface area contributed by atoms with Crippen molar-refractivity contribution in [3.8, 4) is 6.07 Å². The fraction of sp³-hybridized carbons (Fsp3) is 0.429. The number of allylic oxidation sites excluding steroid dienone is 6. The van der Waals surface area contributed by atoms with Crippen LogP contribution in [0, 0.1) is 22.7 Å². The number of fused-ring (bicyclic) bond motifs is 2. The van der Waals surface area contributed by atoms with Crippen molar-refractivity contribution in [2.24, 2.45) is 11.3 Å². The number of anilines is 1. The van der Waals surface area contributed by atoms with Crippen molar-refractivity contribution in [3.63, 3.8) is 0 Å². The molecule has 2 aromatic carbocycles. The number of benzene rings is 2. The molecule has 0 N–H and O–H groups in total. The minimum Gasteiger partial charge on any atom is -0.372 e. The number of unbranched alkanes of at least 4 members (excludes halogenated alkanes) is 2. The van der Waals surface area contributed by atoms with Crippen LogP contribution in [0.25, 0.3) is 21.4 Å². The van der Waals surface area contributed by atoms with Crippen LogP contribution in [0.2, 0.25) is 0 Å². The number of hydrogen-bond donors (Lipinski definition) is 0. The number of rotatable bonds is 9. The number of thiazole rings is 1. The van der Waals surface area contributed by atoms with Gasteiger partial charge in [0.2, 0.25) is 0 Å². The van der Waals surface area contributed by atoms with E-state index in [1.165, 1.54) is 48.1 Å². The summed E-state index contributed by atoms with van der Waals surface area (Å²) in [5, 5.41) is 11.1. The molecule has 0 saturated carbocycles. The maximum atomic E-state index is 10.2. The Kier molecular flexibility index (Phi) is 8.38. The zero-order chi connectivity index (χ0) is 27.4. The summed E-state index contributed by atoms with van der Waals surface area (Å²) in [5.74, 6) is 0.512. The summed E-state index contributed by atoms with van der Waals surface area (Å²) in [7, 11) is 0. The average Bonchev–Trinajstić information content (AvgIpc) is 3.37. The van der Waals surface area contributed by atoms with Gasteiger partial charge < -0.3 is 4.90 Å². The third-order valence-corrected chi connectivity index (χ3v) is 9.54. The predicted molar refractivity (Wildman–Crippen MR) is 168 cm³/mol. The zero-order valence-electron chi connectivity index (χ0n) is 24.0. The lowest BCUT2D eigenvalue weighted by molar-refractivity contribution is 0.228.